The molecule has 0 fully saturated rings. The molecule has 122 valence electrons. The summed E-state index contributed by atoms with van der Waals surface area (Å²) in [7, 11) is 0. The third-order valence-corrected chi connectivity index (χ3v) is 3.94. The van der Waals surface area contributed by atoms with E-state index in [0.717, 1.165) is 15.7 Å². The van der Waals surface area contributed by atoms with E-state index < -0.39 is 0 Å². The molecule has 1 amide bonds. The lowest BCUT2D eigenvalue weighted by Crippen LogP contribution is -2.12. The molecule has 2 N–H and O–H groups in total. The molecule has 0 radical (unpaired) electrons. The van der Waals surface area contributed by atoms with E-state index in [-0.39, 0.29) is 5.91 Å². The predicted molar refractivity (Wildman–Crippen MR) is 95.6 cm³/mol. The van der Waals surface area contributed by atoms with Crippen molar-refractivity contribution in [3.8, 4) is 0 Å². The molecule has 0 aliphatic carbocycles. The molecule has 0 unspecified atom stereocenters. The molecule has 6 nitrogen and oxygen atoms in total. The number of benzene rings is 1. The number of anilines is 3. The summed E-state index contributed by atoms with van der Waals surface area (Å²) in [6, 6.07) is 10.9. The second-order valence-corrected chi connectivity index (χ2v) is 6.17. The van der Waals surface area contributed by atoms with Crippen LogP contribution in [0.15, 0.2) is 51.6 Å². The van der Waals surface area contributed by atoms with Crippen LogP contribution >= 0.6 is 15.9 Å². The summed E-state index contributed by atoms with van der Waals surface area (Å²) < 4.78 is 5.86. The number of carbonyl (C=O) groups excluding carboxylic acids is 1. The van der Waals surface area contributed by atoms with Crippen LogP contribution in [-0.2, 0) is 0 Å². The smallest absolute Gasteiger partial charge is 0.257 e. The van der Waals surface area contributed by atoms with Gasteiger partial charge < -0.3 is 15.2 Å². The third-order valence-electron chi connectivity index (χ3n) is 3.28. The average molecular weight is 387 g/mol. The van der Waals surface area contributed by atoms with Gasteiger partial charge in [0, 0.05) is 22.3 Å². The average Bonchev–Trinajstić information content (AvgIpc) is 2.95. The molecule has 0 saturated carbocycles. The summed E-state index contributed by atoms with van der Waals surface area (Å²) in [6.45, 7) is 3.78. The van der Waals surface area contributed by atoms with Crippen LogP contribution in [0.25, 0.3) is 0 Å². The van der Waals surface area contributed by atoms with Crippen molar-refractivity contribution < 1.29 is 9.32 Å². The summed E-state index contributed by atoms with van der Waals surface area (Å²) in [5.74, 6) is 1.30. The first kappa shape index (κ1) is 16.2. The number of halogens is 1. The number of nitrogens with one attached hydrogen (secondary N) is 2. The molecule has 24 heavy (non-hydrogen) atoms. The lowest BCUT2D eigenvalue weighted by Gasteiger charge is -2.09. The van der Waals surface area contributed by atoms with Crippen molar-refractivity contribution in [3.05, 3.63) is 64.0 Å². The van der Waals surface area contributed by atoms with Gasteiger partial charge in [-0.25, -0.2) is 4.98 Å². The Morgan fingerprint density at radius 3 is 2.67 bits per heavy atom. The fourth-order valence-corrected chi connectivity index (χ4v) is 2.71. The number of carbonyl (C=O) groups is 1. The molecule has 0 aliphatic heterocycles. The highest BCUT2D eigenvalue weighted by atomic mass is 79.9. The Labute approximate surface area is 147 Å². The molecule has 2 aromatic heterocycles. The quantitative estimate of drug-likeness (QED) is 0.692. The molecule has 0 aliphatic rings. The number of amides is 1. The van der Waals surface area contributed by atoms with Crippen LogP contribution in [0.2, 0.25) is 0 Å². The maximum atomic E-state index is 12.3. The molecule has 3 aromatic rings. The Kier molecular flexibility index (Phi) is 4.61. The summed E-state index contributed by atoms with van der Waals surface area (Å²) in [5, 5.41) is 9.62. The van der Waals surface area contributed by atoms with Gasteiger partial charge in [-0.2, -0.15) is 0 Å². The largest absolute Gasteiger partial charge is 0.360 e. The molecular weight excluding hydrogens is 372 g/mol. The highest BCUT2D eigenvalue weighted by Gasteiger charge is 2.10. The van der Waals surface area contributed by atoms with Crippen LogP contribution in [0.4, 0.5) is 17.3 Å². The maximum absolute atomic E-state index is 12.3. The predicted octanol–water partition coefficient (Wildman–Crippen LogP) is 4.44. The van der Waals surface area contributed by atoms with Crippen LogP contribution in [0.5, 0.6) is 0 Å². The minimum Gasteiger partial charge on any atom is -0.360 e. The fraction of sp³-hybridized carbons (Fsp3) is 0.118. The van der Waals surface area contributed by atoms with E-state index in [2.05, 4.69) is 36.7 Å². The van der Waals surface area contributed by atoms with Crippen molar-refractivity contribution in [2.24, 2.45) is 0 Å². The minimum absolute atomic E-state index is 0.281. The number of aryl methyl sites for hydroxylation is 2. The number of aromatic nitrogens is 2. The molecule has 1 aromatic carbocycles. The zero-order valence-electron chi connectivity index (χ0n) is 13.1. The van der Waals surface area contributed by atoms with Crippen LogP contribution < -0.4 is 10.6 Å². The zero-order valence-corrected chi connectivity index (χ0v) is 14.7. The molecule has 0 spiro atoms. The van der Waals surface area contributed by atoms with Gasteiger partial charge in [0.1, 0.15) is 11.6 Å². The first-order chi connectivity index (χ1) is 11.5. The Balaban J connectivity index is 1.77. The van der Waals surface area contributed by atoms with Crippen molar-refractivity contribution in [2.45, 2.75) is 13.8 Å². The summed E-state index contributed by atoms with van der Waals surface area (Å²) in [6.07, 6.45) is 1.58. The van der Waals surface area contributed by atoms with Crippen LogP contribution in [0.3, 0.4) is 0 Å². The maximum Gasteiger partial charge on any atom is 0.257 e. The molecule has 0 bridgehead atoms. The van der Waals surface area contributed by atoms with Gasteiger partial charge >= 0.3 is 0 Å². The van der Waals surface area contributed by atoms with Gasteiger partial charge in [0.2, 0.25) is 0 Å². The molecule has 0 saturated heterocycles. The Morgan fingerprint density at radius 1 is 1.12 bits per heavy atom. The van der Waals surface area contributed by atoms with Gasteiger partial charge in [-0.05, 0) is 59.6 Å². The topological polar surface area (TPSA) is 80.0 Å². The molecule has 0 atom stereocenters. The Bertz CT molecular complexity index is 892. The highest BCUT2D eigenvalue weighted by molar-refractivity contribution is 9.10. The lowest BCUT2D eigenvalue weighted by atomic mass is 10.2. The number of nitrogens with zero attached hydrogens (tertiary/aromatic N) is 2. The monoisotopic (exact) mass is 386 g/mol. The van der Waals surface area contributed by atoms with Crippen molar-refractivity contribution in [2.75, 3.05) is 10.6 Å². The van der Waals surface area contributed by atoms with Gasteiger partial charge in [-0.1, -0.05) is 11.2 Å². The first-order valence-corrected chi connectivity index (χ1v) is 8.04. The molecule has 3 rings (SSSR count). The van der Waals surface area contributed by atoms with Crippen molar-refractivity contribution in [1.82, 2.24) is 10.1 Å². The second kappa shape index (κ2) is 6.84. The van der Waals surface area contributed by atoms with Crippen molar-refractivity contribution in [1.29, 1.82) is 0 Å². The van der Waals surface area contributed by atoms with Gasteiger partial charge in [0.15, 0.2) is 5.82 Å². The normalized spacial score (nSPS) is 10.5. The third kappa shape index (κ3) is 3.80. The standard InChI is InChI=1S/C17H15BrN4O2/c1-10-3-4-14(13(18)7-10)20-15-9-12(5-6-19-15)17(23)21-16-8-11(2)24-22-16/h3-9H,1-2H3,(H,19,20)(H,21,22,23). The van der Waals surface area contributed by atoms with Crippen LogP contribution in [0, 0.1) is 13.8 Å². The van der Waals surface area contributed by atoms with Gasteiger partial charge in [0.25, 0.3) is 5.91 Å². The first-order valence-electron chi connectivity index (χ1n) is 7.25. The Morgan fingerprint density at radius 2 is 1.96 bits per heavy atom. The van der Waals surface area contributed by atoms with Crippen LogP contribution in [0.1, 0.15) is 21.7 Å². The number of hydrogen-bond donors (Lipinski definition) is 2. The number of rotatable bonds is 4. The van der Waals surface area contributed by atoms with Crippen molar-refractivity contribution >= 4 is 39.2 Å². The van der Waals surface area contributed by atoms with E-state index in [1.165, 1.54) is 0 Å². The number of hydrogen-bond acceptors (Lipinski definition) is 5. The summed E-state index contributed by atoms with van der Waals surface area (Å²) >= 11 is 3.51. The fourth-order valence-electron chi connectivity index (χ4n) is 2.11. The summed E-state index contributed by atoms with van der Waals surface area (Å²) in [4.78, 5) is 16.5. The van der Waals surface area contributed by atoms with Gasteiger partial charge in [-0.3, -0.25) is 4.79 Å². The van der Waals surface area contributed by atoms with Crippen LogP contribution in [-0.4, -0.2) is 16.0 Å². The Hall–Kier alpha value is -2.67. The van der Waals surface area contributed by atoms with Gasteiger partial charge in [-0.15, -0.1) is 0 Å². The SMILES string of the molecule is Cc1ccc(Nc2cc(C(=O)Nc3cc(C)on3)ccn2)c(Br)c1. The van der Waals surface area contributed by atoms with E-state index in [0.29, 0.717) is 23.0 Å². The number of pyridine rings is 1. The molecule has 2 heterocycles. The van der Waals surface area contributed by atoms with E-state index >= 15 is 0 Å². The van der Waals surface area contributed by atoms with E-state index in [9.17, 15) is 4.79 Å². The van der Waals surface area contributed by atoms with Crippen molar-refractivity contribution in [3.63, 3.8) is 0 Å². The van der Waals surface area contributed by atoms with Gasteiger partial charge in [0.05, 0.1) is 5.69 Å². The second-order valence-electron chi connectivity index (χ2n) is 5.31. The molecule has 7 heteroatoms. The lowest BCUT2D eigenvalue weighted by molar-refractivity contribution is 0.102. The van der Waals surface area contributed by atoms with E-state index in [1.54, 1.807) is 31.3 Å². The zero-order chi connectivity index (χ0) is 17.1. The molecular formula is C17H15BrN4O2. The minimum atomic E-state index is -0.281. The highest BCUT2D eigenvalue weighted by Crippen LogP contribution is 2.26. The van der Waals surface area contributed by atoms with E-state index in [1.807, 2.05) is 25.1 Å². The van der Waals surface area contributed by atoms with E-state index in [4.69, 9.17) is 4.52 Å². The summed E-state index contributed by atoms with van der Waals surface area (Å²) in [5.41, 5.74) is 2.49.